The van der Waals surface area contributed by atoms with Gasteiger partial charge in [-0.25, -0.2) is 4.98 Å². The largest absolute Gasteiger partial charge is 0.469 e. The minimum Gasteiger partial charge on any atom is -0.469 e. The van der Waals surface area contributed by atoms with Crippen LogP contribution < -0.4 is 0 Å². The molecule has 0 radical (unpaired) electrons. The van der Waals surface area contributed by atoms with Crippen molar-refractivity contribution in [2.24, 2.45) is 0 Å². The Kier molecular flexibility index (Phi) is 4.47. The van der Waals surface area contributed by atoms with Crippen molar-refractivity contribution < 1.29 is 44.7 Å². The number of aromatic nitrogens is 1. The van der Waals surface area contributed by atoms with Crippen molar-refractivity contribution in [3.8, 4) is 0 Å². The van der Waals surface area contributed by atoms with Gasteiger partial charge in [0, 0.05) is 0 Å². The van der Waals surface area contributed by atoms with E-state index < -0.39 is 46.9 Å². The molecule has 0 saturated carbocycles. The van der Waals surface area contributed by atoms with Gasteiger partial charge in [-0.3, -0.25) is 4.79 Å². The van der Waals surface area contributed by atoms with Gasteiger partial charge >= 0.3 is 24.0 Å². The minimum atomic E-state index is -6.50. The first kappa shape index (κ1) is 19.0. The summed E-state index contributed by atoms with van der Waals surface area (Å²) in [7, 11) is 1.12. The number of fused-ring (bicyclic) bond motifs is 1. The van der Waals surface area contributed by atoms with Crippen LogP contribution in [0.3, 0.4) is 0 Å². The van der Waals surface area contributed by atoms with Gasteiger partial charge in [0.15, 0.2) is 5.58 Å². The molecule has 1 unspecified atom stereocenters. The fraction of sp³-hybridized carbons (Fsp3) is 0.429. The Morgan fingerprint density at radius 3 is 2.28 bits per heavy atom. The molecule has 1 atom stereocenters. The predicted octanol–water partition coefficient (Wildman–Crippen LogP) is 4.39. The molecule has 1 aromatic carbocycles. The highest BCUT2D eigenvalue weighted by molar-refractivity contribution is 5.81. The number of rotatable bonds is 4. The van der Waals surface area contributed by atoms with E-state index in [1.54, 1.807) is 0 Å². The second-order valence-corrected chi connectivity index (χ2v) is 5.14. The van der Waals surface area contributed by atoms with Crippen LogP contribution in [0.25, 0.3) is 11.1 Å². The van der Waals surface area contributed by atoms with E-state index in [1.807, 2.05) is 0 Å². The van der Waals surface area contributed by atoms with Crippen molar-refractivity contribution >= 4 is 17.1 Å². The lowest BCUT2D eigenvalue weighted by molar-refractivity contribution is -0.363. The fourth-order valence-electron chi connectivity index (χ4n) is 1.97. The van der Waals surface area contributed by atoms with Crippen LogP contribution in [-0.4, -0.2) is 30.2 Å². The van der Waals surface area contributed by atoms with Gasteiger partial charge in [0.25, 0.3) is 5.89 Å². The van der Waals surface area contributed by atoms with E-state index in [0.717, 1.165) is 19.2 Å². The van der Waals surface area contributed by atoms with E-state index in [4.69, 9.17) is 0 Å². The number of ether oxygens (including phenoxy) is 1. The summed E-state index contributed by atoms with van der Waals surface area (Å²) in [6.45, 7) is 1.42. The SMILES string of the molecule is COC(=O)C(C)c1ccc2oc(C(F)(F)C(F)(F)C(F)(F)F)nc2c1. The number of carbonyl (C=O) groups is 1. The number of halogens is 7. The smallest absolute Gasteiger partial charge is 0.460 e. The maximum Gasteiger partial charge on any atom is 0.460 e. The van der Waals surface area contributed by atoms with E-state index in [0.29, 0.717) is 0 Å². The summed E-state index contributed by atoms with van der Waals surface area (Å²) >= 11 is 0. The quantitative estimate of drug-likeness (QED) is 0.589. The molecule has 0 N–H and O–H groups in total. The Balaban J connectivity index is 2.50. The van der Waals surface area contributed by atoms with Crippen LogP contribution in [0.2, 0.25) is 0 Å². The number of hydrogen-bond acceptors (Lipinski definition) is 4. The molecular formula is C14H10F7NO3. The fourth-order valence-corrected chi connectivity index (χ4v) is 1.97. The summed E-state index contributed by atoms with van der Waals surface area (Å²) in [5, 5.41) is 0. The van der Waals surface area contributed by atoms with Crippen LogP contribution in [0.1, 0.15) is 24.3 Å². The highest BCUT2D eigenvalue weighted by Gasteiger charge is 2.75. The second-order valence-electron chi connectivity index (χ2n) is 5.14. The Hall–Kier alpha value is -2.33. The normalized spacial score (nSPS) is 14.6. The Morgan fingerprint density at radius 2 is 1.76 bits per heavy atom. The van der Waals surface area contributed by atoms with Gasteiger partial charge in [-0.1, -0.05) is 6.07 Å². The van der Waals surface area contributed by atoms with Crippen molar-refractivity contribution in [2.75, 3.05) is 7.11 Å². The first-order chi connectivity index (χ1) is 11.3. The van der Waals surface area contributed by atoms with Gasteiger partial charge in [0.2, 0.25) is 0 Å². The zero-order valence-corrected chi connectivity index (χ0v) is 12.6. The van der Waals surface area contributed by atoms with Crippen LogP contribution in [-0.2, 0) is 15.5 Å². The Bertz CT molecular complexity index is 797. The number of hydrogen-bond donors (Lipinski definition) is 0. The van der Waals surface area contributed by atoms with E-state index in [9.17, 15) is 35.5 Å². The Morgan fingerprint density at radius 1 is 1.16 bits per heavy atom. The number of carbonyl (C=O) groups excluding carboxylic acids is 1. The molecule has 2 rings (SSSR count). The van der Waals surface area contributed by atoms with Crippen molar-refractivity contribution in [3.63, 3.8) is 0 Å². The molecule has 0 aliphatic carbocycles. The van der Waals surface area contributed by atoms with Crippen molar-refractivity contribution in [1.29, 1.82) is 0 Å². The molecule has 11 heteroatoms. The lowest BCUT2D eigenvalue weighted by Gasteiger charge is -2.25. The zero-order valence-electron chi connectivity index (χ0n) is 12.6. The number of methoxy groups -OCH3 is 1. The lowest BCUT2D eigenvalue weighted by atomic mass is 10.0. The topological polar surface area (TPSA) is 52.3 Å². The van der Waals surface area contributed by atoms with E-state index in [1.165, 1.54) is 13.0 Å². The summed E-state index contributed by atoms with van der Waals surface area (Å²) in [5.74, 6) is -15.7. The molecule has 2 aromatic rings. The molecule has 0 amide bonds. The van der Waals surface area contributed by atoms with Gasteiger partial charge in [-0.05, 0) is 24.6 Å². The zero-order chi connectivity index (χ0) is 19.2. The molecule has 138 valence electrons. The van der Waals surface area contributed by atoms with Crippen LogP contribution in [0, 0.1) is 0 Å². The monoisotopic (exact) mass is 373 g/mol. The van der Waals surface area contributed by atoms with Gasteiger partial charge in [-0.15, -0.1) is 0 Å². The summed E-state index contributed by atoms with van der Waals surface area (Å²) in [4.78, 5) is 14.5. The van der Waals surface area contributed by atoms with E-state index in [-0.39, 0.29) is 5.56 Å². The molecule has 1 aromatic heterocycles. The molecule has 0 aliphatic heterocycles. The van der Waals surface area contributed by atoms with Crippen LogP contribution in [0.4, 0.5) is 30.7 Å². The first-order valence-electron chi connectivity index (χ1n) is 6.64. The highest BCUT2D eigenvalue weighted by atomic mass is 19.4. The summed E-state index contributed by atoms with van der Waals surface area (Å²) in [6.07, 6.45) is -6.50. The standard InChI is InChI=1S/C14H10F7NO3/c1-6(10(23)24-2)7-3-4-9-8(5-7)22-11(25-9)12(15,16)13(17,18)14(19,20)21/h3-6H,1-2H3. The van der Waals surface area contributed by atoms with E-state index >= 15 is 0 Å². The summed E-state index contributed by atoms with van der Waals surface area (Å²) in [6, 6.07) is 3.34. The van der Waals surface area contributed by atoms with Gasteiger partial charge in [0.05, 0.1) is 13.0 Å². The van der Waals surface area contributed by atoms with Crippen molar-refractivity contribution in [1.82, 2.24) is 4.98 Å². The lowest BCUT2D eigenvalue weighted by Crippen LogP contribution is -2.50. The molecule has 0 bridgehead atoms. The molecule has 0 fully saturated rings. The predicted molar refractivity (Wildman–Crippen MR) is 69.3 cm³/mol. The third kappa shape index (κ3) is 3.02. The first-order valence-corrected chi connectivity index (χ1v) is 6.64. The molecule has 0 saturated heterocycles. The maximum absolute atomic E-state index is 13.6. The summed E-state index contributed by atoms with van der Waals surface area (Å²) < 4.78 is 98.8. The van der Waals surface area contributed by atoms with Crippen LogP contribution in [0.15, 0.2) is 22.6 Å². The number of benzene rings is 1. The van der Waals surface area contributed by atoms with Gasteiger partial charge in [0.1, 0.15) is 5.52 Å². The molecular weight excluding hydrogens is 363 g/mol. The van der Waals surface area contributed by atoms with Gasteiger partial charge < -0.3 is 9.15 Å². The minimum absolute atomic E-state index is 0.227. The molecule has 0 spiro atoms. The third-order valence-electron chi connectivity index (χ3n) is 3.49. The van der Waals surface area contributed by atoms with Crippen molar-refractivity contribution in [2.45, 2.75) is 30.9 Å². The molecule has 1 heterocycles. The highest BCUT2D eigenvalue weighted by Crippen LogP contribution is 2.51. The Labute approximate surface area is 135 Å². The van der Waals surface area contributed by atoms with Crippen LogP contribution in [0.5, 0.6) is 0 Å². The average Bonchev–Trinajstić information content (AvgIpc) is 2.95. The number of alkyl halides is 7. The number of oxazole rings is 1. The molecule has 25 heavy (non-hydrogen) atoms. The maximum atomic E-state index is 13.6. The summed E-state index contributed by atoms with van der Waals surface area (Å²) in [5.41, 5.74) is -0.612. The van der Waals surface area contributed by atoms with Gasteiger partial charge in [-0.2, -0.15) is 30.7 Å². The van der Waals surface area contributed by atoms with Crippen LogP contribution >= 0.6 is 0 Å². The number of nitrogens with zero attached hydrogens (tertiary/aromatic N) is 1. The number of esters is 1. The third-order valence-corrected chi connectivity index (χ3v) is 3.49. The van der Waals surface area contributed by atoms with E-state index in [2.05, 4.69) is 14.1 Å². The van der Waals surface area contributed by atoms with Crippen molar-refractivity contribution in [3.05, 3.63) is 29.7 Å². The molecule has 0 aliphatic rings. The average molecular weight is 373 g/mol. The molecule has 4 nitrogen and oxygen atoms in total. The second kappa shape index (κ2) is 5.88.